The number of carbonyl (C=O) groups is 1. The molecule has 1 saturated heterocycles. The Balaban J connectivity index is 1.59. The molecule has 0 aromatic carbocycles. The van der Waals surface area contributed by atoms with Gasteiger partial charge in [-0.3, -0.25) is 10.0 Å². The molecule has 0 unspecified atom stereocenters. The van der Waals surface area contributed by atoms with Gasteiger partial charge in [-0.05, 0) is 32.4 Å². The fourth-order valence-corrected chi connectivity index (χ4v) is 4.54. The molecular formula is C17H23Cl2N5O5. The zero-order valence-corrected chi connectivity index (χ0v) is 18.0. The first-order valence-electron chi connectivity index (χ1n) is 9.35. The number of carbonyl (C=O) groups excluding carboxylic acids is 1. The Morgan fingerprint density at radius 2 is 2.03 bits per heavy atom. The molecule has 4 rings (SSSR count). The smallest absolute Gasteiger partial charge is 0.332 e. The second-order valence-corrected chi connectivity index (χ2v) is 8.20. The number of aromatic nitrogens is 2. The molecule has 2 aliphatic heterocycles. The van der Waals surface area contributed by atoms with Crippen molar-refractivity contribution in [1.82, 2.24) is 15.5 Å². The molecule has 10 nitrogen and oxygen atoms in total. The fraction of sp³-hybridized carbons (Fsp3) is 0.706. The Hall–Kier alpha value is -1.43. The molecule has 1 N–H and O–H groups in total. The Bertz CT molecular complexity index is 813. The Morgan fingerprint density at radius 3 is 2.76 bits per heavy atom. The number of esters is 1. The summed E-state index contributed by atoms with van der Waals surface area (Å²) < 4.78 is 23.0. The third kappa shape index (κ3) is 3.85. The van der Waals surface area contributed by atoms with E-state index in [2.05, 4.69) is 15.5 Å². The van der Waals surface area contributed by atoms with Gasteiger partial charge in [0.1, 0.15) is 24.5 Å². The third-order valence-electron chi connectivity index (χ3n) is 5.05. The largest absolute Gasteiger partial charge is 0.464 e. The predicted molar refractivity (Wildman–Crippen MR) is 105 cm³/mol. The van der Waals surface area contributed by atoms with Crippen LogP contribution in [0.1, 0.15) is 27.2 Å². The van der Waals surface area contributed by atoms with Crippen molar-refractivity contribution in [2.45, 2.75) is 57.3 Å². The minimum absolute atomic E-state index is 0.0458. The Morgan fingerprint density at radius 1 is 1.31 bits per heavy atom. The molecule has 3 aliphatic rings. The van der Waals surface area contributed by atoms with Crippen molar-refractivity contribution in [2.75, 3.05) is 30.3 Å². The predicted octanol–water partition coefficient (Wildman–Crippen LogP) is 1.70. The van der Waals surface area contributed by atoms with Crippen molar-refractivity contribution in [3.8, 4) is 0 Å². The first kappa shape index (κ1) is 20.8. The van der Waals surface area contributed by atoms with Crippen molar-refractivity contribution >= 4 is 40.7 Å². The van der Waals surface area contributed by atoms with Gasteiger partial charge in [-0.15, -0.1) is 5.53 Å². The Labute approximate surface area is 178 Å². The molecule has 0 bridgehead atoms. The molecule has 0 radical (unpaired) electrons. The van der Waals surface area contributed by atoms with Gasteiger partial charge in [0.05, 0.1) is 18.8 Å². The Kier molecular flexibility index (Phi) is 5.51. The third-order valence-corrected chi connectivity index (χ3v) is 5.48. The topological polar surface area (TPSA) is 98.3 Å². The normalized spacial score (nSPS) is 29.9. The number of hydrogen-bond acceptors (Lipinski definition) is 10. The van der Waals surface area contributed by atoms with Crippen LogP contribution in [0.4, 0.5) is 11.5 Å². The van der Waals surface area contributed by atoms with Gasteiger partial charge in [0.2, 0.25) is 5.28 Å². The zero-order valence-electron chi connectivity index (χ0n) is 16.5. The van der Waals surface area contributed by atoms with Gasteiger partial charge in [-0.1, -0.05) is 11.6 Å². The van der Waals surface area contributed by atoms with Gasteiger partial charge in [0.25, 0.3) is 0 Å². The standard InChI is InChI=1S/C17H23Cl2N5O5/c1-5-26-10(25)7-27-9-6-8(12-13(9)29-17(2,3)28-12)24-15-11(23(4)22-24)14(18)20-16(19)21-15/h8-9,12-13,22H,5-7H2,1-4H3/t8-,9+,12+,13-/m1/s1. The second kappa shape index (κ2) is 7.68. The quantitative estimate of drug-likeness (QED) is 0.407. The van der Waals surface area contributed by atoms with Crippen molar-refractivity contribution < 1.29 is 23.7 Å². The van der Waals surface area contributed by atoms with Crippen LogP contribution in [0.25, 0.3) is 0 Å². The van der Waals surface area contributed by atoms with Crippen molar-refractivity contribution in [2.24, 2.45) is 0 Å². The molecule has 160 valence electrons. The minimum Gasteiger partial charge on any atom is -0.464 e. The van der Waals surface area contributed by atoms with E-state index in [-0.39, 0.29) is 41.4 Å². The highest BCUT2D eigenvalue weighted by Crippen LogP contribution is 2.45. The summed E-state index contributed by atoms with van der Waals surface area (Å²) in [5.41, 5.74) is 3.83. The van der Waals surface area contributed by atoms with E-state index < -0.39 is 11.8 Å². The lowest BCUT2D eigenvalue weighted by molar-refractivity contribution is -0.172. The molecular weight excluding hydrogens is 425 g/mol. The number of hydrazine groups is 2. The molecule has 1 aromatic heterocycles. The molecule has 12 heteroatoms. The van der Waals surface area contributed by atoms with Gasteiger partial charge in [0.15, 0.2) is 16.8 Å². The van der Waals surface area contributed by atoms with Crippen LogP contribution in [0.5, 0.6) is 0 Å². The van der Waals surface area contributed by atoms with E-state index >= 15 is 0 Å². The average molecular weight is 448 g/mol. The summed E-state index contributed by atoms with van der Waals surface area (Å²) in [5, 5.41) is 3.84. The zero-order chi connectivity index (χ0) is 20.9. The summed E-state index contributed by atoms with van der Waals surface area (Å²) in [4.78, 5) is 20.1. The summed E-state index contributed by atoms with van der Waals surface area (Å²) in [6.07, 6.45) is -0.505. The fourth-order valence-electron chi connectivity index (χ4n) is 4.04. The maximum atomic E-state index is 11.7. The van der Waals surface area contributed by atoms with E-state index in [1.807, 2.05) is 18.9 Å². The molecule has 2 fully saturated rings. The molecule has 1 aliphatic carbocycles. The van der Waals surface area contributed by atoms with Gasteiger partial charge in [-0.2, -0.15) is 4.98 Å². The summed E-state index contributed by atoms with van der Waals surface area (Å²) >= 11 is 12.3. The van der Waals surface area contributed by atoms with Crippen LogP contribution >= 0.6 is 23.2 Å². The monoisotopic (exact) mass is 447 g/mol. The van der Waals surface area contributed by atoms with Crippen LogP contribution in [-0.2, 0) is 23.7 Å². The van der Waals surface area contributed by atoms with Crippen LogP contribution < -0.4 is 15.6 Å². The van der Waals surface area contributed by atoms with Gasteiger partial charge < -0.3 is 18.9 Å². The van der Waals surface area contributed by atoms with Crippen molar-refractivity contribution in [3.05, 3.63) is 10.4 Å². The van der Waals surface area contributed by atoms with E-state index in [4.69, 9.17) is 42.1 Å². The number of nitrogens with one attached hydrogen (secondary N) is 1. The van der Waals surface area contributed by atoms with E-state index in [9.17, 15) is 4.79 Å². The van der Waals surface area contributed by atoms with Gasteiger partial charge >= 0.3 is 5.97 Å². The highest BCUT2D eigenvalue weighted by molar-refractivity contribution is 6.34. The van der Waals surface area contributed by atoms with Crippen LogP contribution in [0.2, 0.25) is 10.4 Å². The molecule has 4 atom stereocenters. The van der Waals surface area contributed by atoms with Crippen molar-refractivity contribution in [3.63, 3.8) is 0 Å². The number of halogens is 2. The molecule has 1 saturated carbocycles. The van der Waals surface area contributed by atoms with E-state index in [1.54, 1.807) is 19.0 Å². The lowest BCUT2D eigenvalue weighted by Gasteiger charge is -2.30. The molecule has 29 heavy (non-hydrogen) atoms. The first-order valence-corrected chi connectivity index (χ1v) is 10.1. The maximum absolute atomic E-state index is 11.7. The maximum Gasteiger partial charge on any atom is 0.332 e. The van der Waals surface area contributed by atoms with E-state index in [0.717, 1.165) is 0 Å². The molecule has 0 amide bonds. The SMILES string of the molecule is CCOC(=O)CO[C@H]1C[C@@H](N2NN(C)c3c(Cl)nc(Cl)nc32)[C@@H]2OC(C)(C)O[C@@H]21. The average Bonchev–Trinajstić information content (AvgIpc) is 3.22. The number of ether oxygens (including phenoxy) is 4. The van der Waals surface area contributed by atoms with Crippen LogP contribution in [0.3, 0.4) is 0 Å². The van der Waals surface area contributed by atoms with Crippen molar-refractivity contribution in [1.29, 1.82) is 0 Å². The summed E-state index contributed by atoms with van der Waals surface area (Å²) in [7, 11) is 1.80. The molecule has 3 heterocycles. The lowest BCUT2D eigenvalue weighted by atomic mass is 10.2. The number of fused-ring (bicyclic) bond motifs is 2. The molecule has 1 aromatic rings. The minimum atomic E-state index is -0.783. The summed E-state index contributed by atoms with van der Waals surface area (Å²) in [6.45, 7) is 5.59. The number of nitrogens with zero attached hydrogens (tertiary/aromatic N) is 4. The van der Waals surface area contributed by atoms with E-state index in [1.165, 1.54) is 0 Å². The lowest BCUT2D eigenvalue weighted by Crippen LogP contribution is -2.52. The van der Waals surface area contributed by atoms with Crippen LogP contribution in [0.15, 0.2) is 0 Å². The molecule has 0 spiro atoms. The second-order valence-electron chi connectivity index (χ2n) is 7.51. The van der Waals surface area contributed by atoms with Crippen LogP contribution in [0, 0.1) is 0 Å². The number of rotatable bonds is 5. The number of anilines is 2. The summed E-state index contributed by atoms with van der Waals surface area (Å²) in [5.74, 6) is -0.656. The van der Waals surface area contributed by atoms with E-state index in [0.29, 0.717) is 24.5 Å². The highest BCUT2D eigenvalue weighted by atomic mass is 35.5. The number of hydrogen-bond donors (Lipinski definition) is 1. The van der Waals surface area contributed by atoms with Gasteiger partial charge in [0, 0.05) is 13.5 Å². The van der Waals surface area contributed by atoms with Crippen LogP contribution in [-0.4, -0.2) is 66.3 Å². The first-order chi connectivity index (χ1) is 13.7. The highest BCUT2D eigenvalue weighted by Gasteiger charge is 2.57. The van der Waals surface area contributed by atoms with Gasteiger partial charge in [-0.25, -0.2) is 9.78 Å². The summed E-state index contributed by atoms with van der Waals surface area (Å²) in [6, 6.07) is -0.209.